The van der Waals surface area contributed by atoms with Gasteiger partial charge < -0.3 is 10.8 Å². The summed E-state index contributed by atoms with van der Waals surface area (Å²) in [5.41, 5.74) is 8.26. The summed E-state index contributed by atoms with van der Waals surface area (Å²) >= 11 is 6.04. The number of fused-ring (bicyclic) bond motifs is 1. The monoisotopic (exact) mass is 264 g/mol. The lowest BCUT2D eigenvalue weighted by Crippen LogP contribution is -2.15. The zero-order valence-corrected chi connectivity index (χ0v) is 10.6. The maximum atomic E-state index is 10.7. The first-order valence-corrected chi connectivity index (χ1v) is 5.89. The van der Waals surface area contributed by atoms with E-state index in [1.165, 1.54) is 0 Å². The molecular weight excluding hydrogens is 252 g/mol. The van der Waals surface area contributed by atoms with Gasteiger partial charge in [0.2, 0.25) is 0 Å². The molecule has 0 bridgehead atoms. The second kappa shape index (κ2) is 4.92. The molecule has 3 N–H and O–H groups in total. The van der Waals surface area contributed by atoms with E-state index in [2.05, 4.69) is 4.98 Å². The number of hydrogen-bond acceptors (Lipinski definition) is 3. The number of hydrogen-bond donors (Lipinski definition) is 2. The Morgan fingerprint density at radius 1 is 1.50 bits per heavy atom. The van der Waals surface area contributed by atoms with Crippen molar-refractivity contribution < 1.29 is 9.90 Å². The van der Waals surface area contributed by atoms with E-state index in [4.69, 9.17) is 22.4 Å². The van der Waals surface area contributed by atoms with Gasteiger partial charge in [0, 0.05) is 17.0 Å². The molecule has 0 aliphatic rings. The zero-order valence-electron chi connectivity index (χ0n) is 9.85. The summed E-state index contributed by atoms with van der Waals surface area (Å²) in [6, 6.07) is 6.96. The molecule has 0 spiro atoms. The van der Waals surface area contributed by atoms with Gasteiger partial charge in [-0.2, -0.15) is 0 Å². The first-order valence-electron chi connectivity index (χ1n) is 5.51. The van der Waals surface area contributed by atoms with Crippen molar-refractivity contribution in [1.29, 1.82) is 0 Å². The van der Waals surface area contributed by atoms with Crippen molar-refractivity contribution >= 4 is 28.5 Å². The summed E-state index contributed by atoms with van der Waals surface area (Å²) in [4.78, 5) is 14.9. The van der Waals surface area contributed by atoms with Crippen LogP contribution in [0.1, 0.15) is 23.6 Å². The molecule has 4 nitrogen and oxygen atoms in total. The smallest absolute Gasteiger partial charge is 0.305 e. The average molecular weight is 265 g/mol. The molecule has 94 valence electrons. The van der Waals surface area contributed by atoms with Crippen LogP contribution in [0.4, 0.5) is 0 Å². The second-order valence-electron chi connectivity index (χ2n) is 4.27. The van der Waals surface area contributed by atoms with Gasteiger partial charge in [-0.1, -0.05) is 23.2 Å². The van der Waals surface area contributed by atoms with Crippen LogP contribution in [0.2, 0.25) is 5.15 Å². The number of carboxylic acid groups (broad SMARTS) is 1. The second-order valence-corrected chi connectivity index (χ2v) is 4.63. The third kappa shape index (κ3) is 2.60. The summed E-state index contributed by atoms with van der Waals surface area (Å²) in [6.07, 6.45) is -0.168. The minimum Gasteiger partial charge on any atom is -0.481 e. The molecule has 18 heavy (non-hydrogen) atoms. The Morgan fingerprint density at radius 2 is 2.22 bits per heavy atom. The summed E-state index contributed by atoms with van der Waals surface area (Å²) in [5, 5.41) is 9.93. The molecule has 0 saturated heterocycles. The van der Waals surface area contributed by atoms with Crippen LogP contribution in [0.25, 0.3) is 10.9 Å². The highest BCUT2D eigenvalue weighted by Crippen LogP contribution is 2.26. The van der Waals surface area contributed by atoms with Crippen molar-refractivity contribution in [3.63, 3.8) is 0 Å². The minimum atomic E-state index is -0.956. The first kappa shape index (κ1) is 12.8. The molecule has 5 heteroatoms. The number of nitrogens with zero attached hydrogens (tertiary/aromatic N) is 1. The summed E-state index contributed by atoms with van der Waals surface area (Å²) in [6.45, 7) is 1.98. The Kier molecular flexibility index (Phi) is 3.50. The van der Waals surface area contributed by atoms with Gasteiger partial charge in [0.05, 0.1) is 11.9 Å². The SMILES string of the molecule is Cc1ccc2nc(Cl)c(C(N)CC(=O)O)cc2c1. The van der Waals surface area contributed by atoms with Gasteiger partial charge in [0.25, 0.3) is 0 Å². The highest BCUT2D eigenvalue weighted by Gasteiger charge is 2.15. The average Bonchev–Trinajstić information content (AvgIpc) is 2.27. The zero-order chi connectivity index (χ0) is 13.3. The van der Waals surface area contributed by atoms with Crippen LogP contribution in [0.5, 0.6) is 0 Å². The van der Waals surface area contributed by atoms with E-state index < -0.39 is 12.0 Å². The number of rotatable bonds is 3. The topological polar surface area (TPSA) is 76.2 Å². The molecule has 0 aliphatic carbocycles. The summed E-state index contributed by atoms with van der Waals surface area (Å²) < 4.78 is 0. The molecule has 0 radical (unpaired) electrons. The van der Waals surface area contributed by atoms with E-state index in [1.807, 2.05) is 31.2 Å². The fourth-order valence-electron chi connectivity index (χ4n) is 1.85. The van der Waals surface area contributed by atoms with Crippen molar-refractivity contribution in [2.45, 2.75) is 19.4 Å². The van der Waals surface area contributed by atoms with Gasteiger partial charge in [-0.15, -0.1) is 0 Å². The van der Waals surface area contributed by atoms with Crippen LogP contribution in [-0.2, 0) is 4.79 Å². The van der Waals surface area contributed by atoms with Crippen LogP contribution >= 0.6 is 11.6 Å². The van der Waals surface area contributed by atoms with Gasteiger partial charge >= 0.3 is 5.97 Å². The number of aliphatic carboxylic acids is 1. The van der Waals surface area contributed by atoms with E-state index in [9.17, 15) is 4.79 Å². The molecule has 1 aromatic heterocycles. The molecular formula is C13H13ClN2O2. The number of carboxylic acids is 1. The van der Waals surface area contributed by atoms with Crippen LogP contribution in [-0.4, -0.2) is 16.1 Å². The van der Waals surface area contributed by atoms with Crippen LogP contribution in [0, 0.1) is 6.92 Å². The normalized spacial score (nSPS) is 12.6. The highest BCUT2D eigenvalue weighted by atomic mass is 35.5. The maximum absolute atomic E-state index is 10.7. The third-order valence-electron chi connectivity index (χ3n) is 2.74. The minimum absolute atomic E-state index is 0.168. The molecule has 0 amide bonds. The number of halogens is 1. The molecule has 0 aliphatic heterocycles. The molecule has 0 saturated carbocycles. The molecule has 0 fully saturated rings. The first-order chi connectivity index (χ1) is 8.47. The number of benzene rings is 1. The Morgan fingerprint density at radius 3 is 2.89 bits per heavy atom. The van der Waals surface area contributed by atoms with Gasteiger partial charge in [-0.25, -0.2) is 4.98 Å². The van der Waals surface area contributed by atoms with Crippen LogP contribution in [0.3, 0.4) is 0 Å². The fourth-order valence-corrected chi connectivity index (χ4v) is 2.13. The van der Waals surface area contributed by atoms with Crippen molar-refractivity contribution in [2.75, 3.05) is 0 Å². The van der Waals surface area contributed by atoms with E-state index in [-0.39, 0.29) is 11.6 Å². The number of aryl methyl sites for hydroxylation is 1. The number of aromatic nitrogens is 1. The molecule has 1 atom stereocenters. The standard InChI is InChI=1S/C13H13ClN2O2/c1-7-2-3-11-8(4-7)5-9(13(14)16-11)10(15)6-12(17)18/h2-5,10H,6,15H2,1H3,(H,17,18). The quantitative estimate of drug-likeness (QED) is 0.836. The van der Waals surface area contributed by atoms with Gasteiger partial charge in [-0.3, -0.25) is 4.79 Å². The lowest BCUT2D eigenvalue weighted by atomic mass is 10.0. The fraction of sp³-hybridized carbons (Fsp3) is 0.231. The van der Waals surface area contributed by atoms with E-state index in [1.54, 1.807) is 0 Å². The highest BCUT2D eigenvalue weighted by molar-refractivity contribution is 6.30. The van der Waals surface area contributed by atoms with Crippen LogP contribution < -0.4 is 5.73 Å². The lowest BCUT2D eigenvalue weighted by Gasteiger charge is -2.12. The Balaban J connectivity index is 2.50. The molecule has 1 aromatic carbocycles. The Bertz CT molecular complexity index is 613. The van der Waals surface area contributed by atoms with Crippen molar-refractivity contribution in [1.82, 2.24) is 4.98 Å². The van der Waals surface area contributed by atoms with Crippen molar-refractivity contribution in [3.8, 4) is 0 Å². The molecule has 2 aromatic rings. The van der Waals surface area contributed by atoms with Gasteiger partial charge in [-0.05, 0) is 25.1 Å². The van der Waals surface area contributed by atoms with Gasteiger partial charge in [0.15, 0.2) is 0 Å². The Hall–Kier alpha value is -1.65. The third-order valence-corrected chi connectivity index (χ3v) is 3.05. The van der Waals surface area contributed by atoms with Gasteiger partial charge in [0.1, 0.15) is 5.15 Å². The van der Waals surface area contributed by atoms with E-state index in [0.717, 1.165) is 16.5 Å². The lowest BCUT2D eigenvalue weighted by molar-refractivity contribution is -0.137. The molecule has 1 unspecified atom stereocenters. The molecule has 1 heterocycles. The van der Waals surface area contributed by atoms with Crippen molar-refractivity contribution in [2.24, 2.45) is 5.73 Å². The number of pyridine rings is 1. The Labute approximate surface area is 109 Å². The predicted molar refractivity (Wildman–Crippen MR) is 70.7 cm³/mol. The number of nitrogens with two attached hydrogens (primary N) is 1. The predicted octanol–water partition coefficient (Wildman–Crippen LogP) is 2.67. The largest absolute Gasteiger partial charge is 0.481 e. The summed E-state index contributed by atoms with van der Waals surface area (Å²) in [5.74, 6) is -0.956. The van der Waals surface area contributed by atoms with Crippen molar-refractivity contribution in [3.05, 3.63) is 40.5 Å². The van der Waals surface area contributed by atoms with E-state index >= 15 is 0 Å². The number of carbonyl (C=O) groups is 1. The summed E-state index contributed by atoms with van der Waals surface area (Å²) in [7, 11) is 0. The maximum Gasteiger partial charge on any atom is 0.305 e. The van der Waals surface area contributed by atoms with Crippen LogP contribution in [0.15, 0.2) is 24.3 Å². The molecule has 2 rings (SSSR count). The van der Waals surface area contributed by atoms with E-state index in [0.29, 0.717) is 5.56 Å².